The number of phenols is 1. The lowest BCUT2D eigenvalue weighted by Crippen LogP contribution is -1.82. The monoisotopic (exact) mass is 258 g/mol. The van der Waals surface area contributed by atoms with Crippen molar-refractivity contribution in [3.05, 3.63) is 29.3 Å². The molecular formula is C14H23ClO2. The standard InChI is InChI=1S/C8H18O.C6H5ClO/c1-2-3-4-5-6-7-8-9;7-5-1-3-6(8)4-2-5/h9H,2-8H2,1H3;1-4,8H. The first-order chi connectivity index (χ1) is 8.20. The van der Waals surface area contributed by atoms with Gasteiger partial charge in [0.1, 0.15) is 5.75 Å². The van der Waals surface area contributed by atoms with Crippen LogP contribution in [0.15, 0.2) is 24.3 Å². The predicted molar refractivity (Wildman–Crippen MR) is 73.6 cm³/mol. The molecule has 98 valence electrons. The van der Waals surface area contributed by atoms with E-state index in [1.165, 1.54) is 32.1 Å². The van der Waals surface area contributed by atoms with E-state index in [0.717, 1.165) is 6.42 Å². The van der Waals surface area contributed by atoms with Crippen LogP contribution in [0.1, 0.15) is 45.4 Å². The van der Waals surface area contributed by atoms with E-state index >= 15 is 0 Å². The minimum absolute atomic E-state index is 0.245. The molecule has 0 saturated heterocycles. The maximum Gasteiger partial charge on any atom is 0.115 e. The van der Waals surface area contributed by atoms with Gasteiger partial charge in [-0.25, -0.2) is 0 Å². The van der Waals surface area contributed by atoms with Gasteiger partial charge >= 0.3 is 0 Å². The minimum Gasteiger partial charge on any atom is -0.508 e. The van der Waals surface area contributed by atoms with Crippen molar-refractivity contribution in [1.82, 2.24) is 0 Å². The number of aliphatic hydroxyl groups excluding tert-OH is 1. The average Bonchev–Trinajstić information content (AvgIpc) is 2.34. The third kappa shape index (κ3) is 11.5. The molecule has 1 aromatic rings. The molecule has 0 spiro atoms. The number of hydrogen-bond donors (Lipinski definition) is 2. The zero-order valence-electron chi connectivity index (χ0n) is 10.5. The Morgan fingerprint density at radius 2 is 1.47 bits per heavy atom. The van der Waals surface area contributed by atoms with Crippen molar-refractivity contribution in [2.75, 3.05) is 6.61 Å². The number of aromatic hydroxyl groups is 1. The third-order valence-corrected chi connectivity index (χ3v) is 2.59. The SMILES string of the molecule is CCCCCCCCO.Oc1ccc(Cl)cc1. The lowest BCUT2D eigenvalue weighted by molar-refractivity contribution is 0.282. The van der Waals surface area contributed by atoms with Crippen molar-refractivity contribution < 1.29 is 10.2 Å². The number of aliphatic hydroxyl groups is 1. The summed E-state index contributed by atoms with van der Waals surface area (Å²) in [6.45, 7) is 2.58. The van der Waals surface area contributed by atoms with Gasteiger partial charge in [-0.1, -0.05) is 50.6 Å². The Morgan fingerprint density at radius 1 is 0.941 bits per heavy atom. The molecule has 2 N–H and O–H groups in total. The number of benzene rings is 1. The molecule has 0 aromatic heterocycles. The Morgan fingerprint density at radius 3 is 1.94 bits per heavy atom. The fourth-order valence-corrected chi connectivity index (χ4v) is 1.46. The summed E-state index contributed by atoms with van der Waals surface area (Å²) in [6, 6.07) is 6.36. The summed E-state index contributed by atoms with van der Waals surface area (Å²) >= 11 is 5.50. The maximum absolute atomic E-state index is 8.70. The van der Waals surface area contributed by atoms with Crippen LogP contribution in [-0.2, 0) is 0 Å². The second-order valence-corrected chi connectivity index (χ2v) is 4.40. The van der Waals surface area contributed by atoms with Crippen LogP contribution in [0.5, 0.6) is 5.75 Å². The quantitative estimate of drug-likeness (QED) is 0.743. The smallest absolute Gasteiger partial charge is 0.115 e. The van der Waals surface area contributed by atoms with Crippen LogP contribution in [0.25, 0.3) is 0 Å². The van der Waals surface area contributed by atoms with Crippen molar-refractivity contribution in [1.29, 1.82) is 0 Å². The first-order valence-corrected chi connectivity index (χ1v) is 6.64. The van der Waals surface area contributed by atoms with E-state index in [4.69, 9.17) is 21.8 Å². The molecule has 2 nitrogen and oxygen atoms in total. The lowest BCUT2D eigenvalue weighted by atomic mass is 10.1. The summed E-state index contributed by atoms with van der Waals surface area (Å²) in [4.78, 5) is 0. The molecule has 3 heteroatoms. The van der Waals surface area contributed by atoms with Gasteiger partial charge in [-0.05, 0) is 30.7 Å². The second-order valence-electron chi connectivity index (χ2n) is 3.97. The number of hydrogen-bond acceptors (Lipinski definition) is 2. The van der Waals surface area contributed by atoms with Crippen LogP contribution in [-0.4, -0.2) is 16.8 Å². The molecule has 0 fully saturated rings. The van der Waals surface area contributed by atoms with E-state index < -0.39 is 0 Å². The Balaban J connectivity index is 0.000000302. The average molecular weight is 259 g/mol. The highest BCUT2D eigenvalue weighted by molar-refractivity contribution is 6.30. The van der Waals surface area contributed by atoms with Crippen molar-refractivity contribution in [2.24, 2.45) is 0 Å². The number of rotatable bonds is 6. The van der Waals surface area contributed by atoms with Crippen LogP contribution in [0.2, 0.25) is 5.02 Å². The van der Waals surface area contributed by atoms with E-state index in [2.05, 4.69) is 6.92 Å². The van der Waals surface area contributed by atoms with Crippen LogP contribution in [0.3, 0.4) is 0 Å². The summed E-state index contributed by atoms with van der Waals surface area (Å²) in [5.41, 5.74) is 0. The van der Waals surface area contributed by atoms with Gasteiger partial charge in [0.25, 0.3) is 0 Å². The highest BCUT2D eigenvalue weighted by atomic mass is 35.5. The highest BCUT2D eigenvalue weighted by Gasteiger charge is 1.86. The van der Waals surface area contributed by atoms with Gasteiger partial charge in [0, 0.05) is 11.6 Å². The van der Waals surface area contributed by atoms with Crippen molar-refractivity contribution in [3.8, 4) is 5.75 Å². The highest BCUT2D eigenvalue weighted by Crippen LogP contribution is 2.12. The fraction of sp³-hybridized carbons (Fsp3) is 0.571. The number of unbranched alkanes of at least 4 members (excludes halogenated alkanes) is 5. The van der Waals surface area contributed by atoms with Crippen LogP contribution < -0.4 is 0 Å². The Bertz CT molecular complexity index is 232. The largest absolute Gasteiger partial charge is 0.508 e. The van der Waals surface area contributed by atoms with Crippen LogP contribution in [0, 0.1) is 0 Å². The summed E-state index contributed by atoms with van der Waals surface area (Å²) in [5, 5.41) is 17.8. The van der Waals surface area contributed by atoms with Gasteiger partial charge < -0.3 is 10.2 Å². The molecule has 0 radical (unpaired) electrons. The van der Waals surface area contributed by atoms with Gasteiger partial charge in [0.15, 0.2) is 0 Å². The van der Waals surface area contributed by atoms with Gasteiger partial charge in [0.05, 0.1) is 0 Å². The molecule has 0 aliphatic rings. The summed E-state index contributed by atoms with van der Waals surface area (Å²) in [6.07, 6.45) is 7.50. The molecule has 0 amide bonds. The predicted octanol–water partition coefficient (Wildman–Crippen LogP) is 4.38. The second kappa shape index (κ2) is 11.7. The maximum atomic E-state index is 8.70. The number of phenolic OH excluding ortho intramolecular Hbond substituents is 1. The topological polar surface area (TPSA) is 40.5 Å². The summed E-state index contributed by atoms with van der Waals surface area (Å²) in [7, 11) is 0. The van der Waals surface area contributed by atoms with Gasteiger partial charge in [-0.3, -0.25) is 0 Å². The summed E-state index contributed by atoms with van der Waals surface area (Å²) in [5.74, 6) is 0.245. The third-order valence-electron chi connectivity index (χ3n) is 2.34. The van der Waals surface area contributed by atoms with Crippen LogP contribution >= 0.6 is 11.6 Å². The van der Waals surface area contributed by atoms with Crippen LogP contribution in [0.4, 0.5) is 0 Å². The molecule has 0 saturated carbocycles. The summed E-state index contributed by atoms with van der Waals surface area (Å²) < 4.78 is 0. The van der Waals surface area contributed by atoms with E-state index in [-0.39, 0.29) is 5.75 Å². The van der Waals surface area contributed by atoms with E-state index in [1.807, 2.05) is 0 Å². The Kier molecular flexibility index (Phi) is 11.2. The van der Waals surface area contributed by atoms with E-state index in [9.17, 15) is 0 Å². The van der Waals surface area contributed by atoms with Gasteiger partial charge in [-0.2, -0.15) is 0 Å². The molecule has 17 heavy (non-hydrogen) atoms. The Labute approximate surface area is 109 Å². The molecule has 0 bridgehead atoms. The van der Waals surface area contributed by atoms with Crippen molar-refractivity contribution in [3.63, 3.8) is 0 Å². The van der Waals surface area contributed by atoms with Gasteiger partial charge in [-0.15, -0.1) is 0 Å². The van der Waals surface area contributed by atoms with Gasteiger partial charge in [0.2, 0.25) is 0 Å². The molecule has 0 unspecified atom stereocenters. The van der Waals surface area contributed by atoms with E-state index in [1.54, 1.807) is 24.3 Å². The fourth-order valence-electron chi connectivity index (χ4n) is 1.33. The molecule has 0 aliphatic carbocycles. The molecule has 0 aliphatic heterocycles. The van der Waals surface area contributed by atoms with Crippen molar-refractivity contribution >= 4 is 11.6 Å². The Hall–Kier alpha value is -0.730. The zero-order valence-corrected chi connectivity index (χ0v) is 11.3. The minimum atomic E-state index is 0.245. The molecule has 0 atom stereocenters. The van der Waals surface area contributed by atoms with Crippen molar-refractivity contribution in [2.45, 2.75) is 45.4 Å². The number of halogens is 1. The molecule has 1 rings (SSSR count). The first-order valence-electron chi connectivity index (χ1n) is 6.26. The molecule has 0 heterocycles. The normalized spacial score (nSPS) is 9.59. The zero-order chi connectivity index (χ0) is 12.9. The molecular weight excluding hydrogens is 236 g/mol. The lowest BCUT2D eigenvalue weighted by Gasteiger charge is -1.95. The molecule has 1 aromatic carbocycles. The first kappa shape index (κ1) is 16.3. The van der Waals surface area contributed by atoms with E-state index in [0.29, 0.717) is 11.6 Å².